The first-order valence-electron chi connectivity index (χ1n) is 9.24. The zero-order valence-corrected chi connectivity index (χ0v) is 16.9. The first-order chi connectivity index (χ1) is 14.0. The van der Waals surface area contributed by atoms with E-state index in [2.05, 4.69) is 10.4 Å². The lowest BCUT2D eigenvalue weighted by molar-refractivity contribution is -0.121. The first kappa shape index (κ1) is 19.1. The fourth-order valence-electron chi connectivity index (χ4n) is 3.54. The van der Waals surface area contributed by atoms with Crippen LogP contribution in [0, 0.1) is 13.8 Å². The Morgan fingerprint density at radius 1 is 1.10 bits per heavy atom. The van der Waals surface area contributed by atoms with Crippen molar-refractivity contribution in [1.29, 1.82) is 0 Å². The van der Waals surface area contributed by atoms with Crippen molar-refractivity contribution in [3.63, 3.8) is 0 Å². The van der Waals surface area contributed by atoms with Crippen molar-refractivity contribution in [2.45, 2.75) is 19.9 Å². The fourth-order valence-corrected chi connectivity index (χ4v) is 4.35. The van der Waals surface area contributed by atoms with E-state index in [1.54, 1.807) is 35.6 Å². The Balaban J connectivity index is 1.46. The van der Waals surface area contributed by atoms with Crippen molar-refractivity contribution in [3.05, 3.63) is 75.2 Å². The van der Waals surface area contributed by atoms with Crippen LogP contribution in [-0.2, 0) is 4.79 Å². The number of nitrogens with one attached hydrogen (secondary N) is 1. The molecular formula is C21H20N4O3S. The number of aryl methyl sites for hydroxylation is 2. The lowest BCUT2D eigenvalue weighted by atomic mass is 10.1. The average Bonchev–Trinajstić information content (AvgIpc) is 3.40. The van der Waals surface area contributed by atoms with Crippen molar-refractivity contribution >= 4 is 29.1 Å². The molecule has 1 aliphatic heterocycles. The molecule has 3 aromatic rings. The molecule has 1 aromatic carbocycles. The molecule has 0 fully saturated rings. The maximum absolute atomic E-state index is 12.6. The Hall–Kier alpha value is -3.26. The van der Waals surface area contributed by atoms with Gasteiger partial charge in [-0.15, -0.1) is 11.3 Å². The highest BCUT2D eigenvalue weighted by Crippen LogP contribution is 2.25. The van der Waals surface area contributed by atoms with Crippen LogP contribution < -0.4 is 5.32 Å². The zero-order valence-electron chi connectivity index (χ0n) is 16.1. The highest BCUT2D eigenvalue weighted by atomic mass is 32.1. The van der Waals surface area contributed by atoms with Gasteiger partial charge >= 0.3 is 0 Å². The largest absolute Gasteiger partial charge is 0.352 e. The lowest BCUT2D eigenvalue weighted by Gasteiger charge is -2.20. The third kappa shape index (κ3) is 3.58. The van der Waals surface area contributed by atoms with Gasteiger partial charge in [-0.05, 0) is 43.5 Å². The summed E-state index contributed by atoms with van der Waals surface area (Å²) in [5.74, 6) is -1.26. The molecule has 0 saturated heterocycles. The van der Waals surface area contributed by atoms with E-state index in [1.807, 2.05) is 42.1 Å². The number of hydrogen-bond acceptors (Lipinski definition) is 5. The Morgan fingerprint density at radius 2 is 1.79 bits per heavy atom. The molecule has 0 bridgehead atoms. The topological polar surface area (TPSA) is 84.3 Å². The van der Waals surface area contributed by atoms with Crippen molar-refractivity contribution < 1.29 is 14.4 Å². The number of thiophene rings is 1. The number of fused-ring (bicyclic) bond motifs is 1. The third-order valence-corrected chi connectivity index (χ3v) is 5.86. The molecule has 0 aliphatic carbocycles. The second kappa shape index (κ2) is 7.63. The van der Waals surface area contributed by atoms with Gasteiger partial charge in [-0.2, -0.15) is 5.10 Å². The number of benzene rings is 1. The second-order valence-electron chi connectivity index (χ2n) is 6.95. The zero-order chi connectivity index (χ0) is 20.5. The van der Waals surface area contributed by atoms with Gasteiger partial charge in [0.25, 0.3) is 11.8 Å². The Labute approximate surface area is 172 Å². The van der Waals surface area contributed by atoms with Crippen LogP contribution in [0.4, 0.5) is 0 Å². The summed E-state index contributed by atoms with van der Waals surface area (Å²) in [6.07, 6.45) is 0. The van der Waals surface area contributed by atoms with E-state index in [0.29, 0.717) is 17.7 Å². The van der Waals surface area contributed by atoms with Crippen molar-refractivity contribution in [3.8, 4) is 0 Å². The fraction of sp³-hybridized carbons (Fsp3) is 0.238. The molecule has 1 unspecified atom stereocenters. The number of nitrogens with zero attached hydrogens (tertiary/aromatic N) is 3. The summed E-state index contributed by atoms with van der Waals surface area (Å²) in [6, 6.07) is 12.4. The van der Waals surface area contributed by atoms with E-state index in [-0.39, 0.29) is 18.5 Å². The molecule has 8 heteroatoms. The van der Waals surface area contributed by atoms with E-state index in [1.165, 1.54) is 0 Å². The van der Waals surface area contributed by atoms with Gasteiger partial charge in [-0.3, -0.25) is 24.0 Å². The number of hydrogen-bond donors (Lipinski definition) is 1. The standard InChI is InChI=1S/C21H20N4O3S/c1-13-10-14(2)25(23-13)17(18-8-5-9-29-18)11-22-19(26)12-24-20(27)15-6-3-4-7-16(15)21(24)28/h3-10,17H,11-12H2,1-2H3,(H,22,26). The van der Waals surface area contributed by atoms with Crippen molar-refractivity contribution in [2.75, 3.05) is 13.1 Å². The summed E-state index contributed by atoms with van der Waals surface area (Å²) in [6.45, 7) is 3.90. The molecule has 3 heterocycles. The molecule has 1 aliphatic rings. The normalized spacial score (nSPS) is 14.2. The molecule has 0 saturated carbocycles. The van der Waals surface area contributed by atoms with Gasteiger partial charge in [0.05, 0.1) is 16.8 Å². The highest BCUT2D eigenvalue weighted by Gasteiger charge is 2.36. The molecule has 1 N–H and O–H groups in total. The summed E-state index contributed by atoms with van der Waals surface area (Å²) in [5, 5.41) is 9.39. The summed E-state index contributed by atoms with van der Waals surface area (Å²) in [5.41, 5.74) is 2.57. The van der Waals surface area contributed by atoms with E-state index in [9.17, 15) is 14.4 Å². The molecule has 1 atom stereocenters. The molecule has 0 radical (unpaired) electrons. The van der Waals surface area contributed by atoms with Crippen LogP contribution in [0.1, 0.15) is 43.0 Å². The lowest BCUT2D eigenvalue weighted by Crippen LogP contribution is -2.42. The Bertz CT molecular complexity index is 1050. The first-order valence-corrected chi connectivity index (χ1v) is 10.1. The van der Waals surface area contributed by atoms with Gasteiger partial charge in [0.15, 0.2) is 0 Å². The summed E-state index contributed by atoms with van der Waals surface area (Å²) >= 11 is 1.59. The Morgan fingerprint density at radius 3 is 2.34 bits per heavy atom. The Kier molecular flexibility index (Phi) is 5.02. The van der Waals surface area contributed by atoms with Gasteiger partial charge in [-0.25, -0.2) is 0 Å². The van der Waals surface area contributed by atoms with Crippen LogP contribution in [0.3, 0.4) is 0 Å². The van der Waals surface area contributed by atoms with Gasteiger partial charge in [-0.1, -0.05) is 18.2 Å². The van der Waals surface area contributed by atoms with Crippen LogP contribution in [0.15, 0.2) is 47.8 Å². The number of carbonyl (C=O) groups is 3. The van der Waals surface area contributed by atoms with Crippen molar-refractivity contribution in [1.82, 2.24) is 20.0 Å². The molecular weight excluding hydrogens is 388 g/mol. The maximum atomic E-state index is 12.6. The predicted octanol–water partition coefficient (Wildman–Crippen LogP) is 2.56. The number of imide groups is 1. The minimum absolute atomic E-state index is 0.158. The van der Waals surface area contributed by atoms with Crippen molar-refractivity contribution in [2.24, 2.45) is 0 Å². The molecule has 3 amide bonds. The number of rotatable bonds is 6. The molecule has 29 heavy (non-hydrogen) atoms. The van der Waals surface area contributed by atoms with Crippen LogP contribution in [0.25, 0.3) is 0 Å². The third-order valence-electron chi connectivity index (χ3n) is 4.88. The van der Waals surface area contributed by atoms with Gasteiger partial charge in [0.1, 0.15) is 12.6 Å². The van der Waals surface area contributed by atoms with Gasteiger partial charge in [0.2, 0.25) is 5.91 Å². The molecule has 4 rings (SSSR count). The van der Waals surface area contributed by atoms with E-state index in [0.717, 1.165) is 21.2 Å². The van der Waals surface area contributed by atoms with Crippen LogP contribution in [0.2, 0.25) is 0 Å². The van der Waals surface area contributed by atoms with E-state index in [4.69, 9.17) is 0 Å². The predicted molar refractivity (Wildman–Crippen MR) is 109 cm³/mol. The number of aromatic nitrogens is 2. The summed E-state index contributed by atoms with van der Waals surface area (Å²) < 4.78 is 1.89. The summed E-state index contributed by atoms with van der Waals surface area (Å²) in [4.78, 5) is 39.5. The minimum Gasteiger partial charge on any atom is -0.352 e. The van der Waals surface area contributed by atoms with Gasteiger partial charge in [0, 0.05) is 17.1 Å². The van der Waals surface area contributed by atoms with Crippen LogP contribution >= 0.6 is 11.3 Å². The minimum atomic E-state index is -0.436. The maximum Gasteiger partial charge on any atom is 0.262 e. The molecule has 0 spiro atoms. The summed E-state index contributed by atoms with van der Waals surface area (Å²) in [7, 11) is 0. The molecule has 7 nitrogen and oxygen atoms in total. The highest BCUT2D eigenvalue weighted by molar-refractivity contribution is 7.10. The SMILES string of the molecule is Cc1cc(C)n(C(CNC(=O)CN2C(=O)c3ccccc3C2=O)c2cccs2)n1. The number of carbonyl (C=O) groups excluding carboxylic acids is 3. The quantitative estimate of drug-likeness (QED) is 0.636. The van der Waals surface area contributed by atoms with Crippen LogP contribution in [-0.4, -0.2) is 45.5 Å². The molecule has 148 valence electrons. The average molecular weight is 408 g/mol. The van der Waals surface area contributed by atoms with Gasteiger partial charge < -0.3 is 5.32 Å². The van der Waals surface area contributed by atoms with E-state index >= 15 is 0 Å². The second-order valence-corrected chi connectivity index (χ2v) is 7.93. The number of amides is 3. The smallest absolute Gasteiger partial charge is 0.262 e. The van der Waals surface area contributed by atoms with E-state index < -0.39 is 11.8 Å². The van der Waals surface area contributed by atoms with Crippen LogP contribution in [0.5, 0.6) is 0 Å². The monoisotopic (exact) mass is 408 g/mol. The molecule has 2 aromatic heterocycles.